The molecule has 2 amide bonds. The van der Waals surface area contributed by atoms with E-state index in [1.165, 1.54) is 17.5 Å². The summed E-state index contributed by atoms with van der Waals surface area (Å²) >= 11 is 6.82. The van der Waals surface area contributed by atoms with E-state index in [2.05, 4.69) is 20.4 Å². The van der Waals surface area contributed by atoms with Crippen molar-refractivity contribution in [3.8, 4) is 5.75 Å². The van der Waals surface area contributed by atoms with E-state index in [1.54, 1.807) is 24.3 Å². The SMILES string of the molecule is O=C(Nc1nc(C(=O)Nc2ccc(OC(F)(F)F)cc2)cs1)c1ccc(Cl)cc1. The predicted octanol–water partition coefficient (Wildman–Crippen LogP) is 5.20. The average Bonchev–Trinajstić information content (AvgIpc) is 3.11. The number of aromatic nitrogens is 1. The molecule has 2 N–H and O–H groups in total. The molecule has 0 bridgehead atoms. The summed E-state index contributed by atoms with van der Waals surface area (Å²) in [7, 11) is 0. The van der Waals surface area contributed by atoms with Gasteiger partial charge in [0.15, 0.2) is 5.13 Å². The molecule has 0 fully saturated rings. The standard InChI is InChI=1S/C18H11ClF3N3O3S/c19-11-3-1-10(2-4-11)15(26)25-17-24-14(9-29-17)16(27)23-12-5-7-13(8-6-12)28-18(20,21)22/h1-9H,(H,23,27)(H,24,25,26). The normalized spacial score (nSPS) is 11.0. The van der Waals surface area contributed by atoms with Gasteiger partial charge in [-0.1, -0.05) is 11.6 Å². The summed E-state index contributed by atoms with van der Waals surface area (Å²) in [5, 5.41) is 7.21. The molecule has 2 aromatic carbocycles. The summed E-state index contributed by atoms with van der Waals surface area (Å²) in [6.45, 7) is 0. The number of amides is 2. The molecule has 0 aliphatic carbocycles. The third-order valence-electron chi connectivity index (χ3n) is 3.41. The average molecular weight is 442 g/mol. The lowest BCUT2D eigenvalue weighted by Gasteiger charge is -2.09. The summed E-state index contributed by atoms with van der Waals surface area (Å²) in [6.07, 6.45) is -4.79. The summed E-state index contributed by atoms with van der Waals surface area (Å²) < 4.78 is 40.2. The number of hydrogen-bond donors (Lipinski definition) is 2. The second-order valence-corrected chi connectivity index (χ2v) is 6.82. The number of halogens is 4. The first kappa shape index (κ1) is 20.6. The number of hydrogen-bond acceptors (Lipinski definition) is 5. The van der Waals surface area contributed by atoms with E-state index in [0.29, 0.717) is 10.6 Å². The molecule has 3 rings (SSSR count). The smallest absolute Gasteiger partial charge is 0.406 e. The van der Waals surface area contributed by atoms with Crippen LogP contribution in [-0.4, -0.2) is 23.2 Å². The van der Waals surface area contributed by atoms with Gasteiger partial charge in [-0.05, 0) is 48.5 Å². The highest BCUT2D eigenvalue weighted by Crippen LogP contribution is 2.24. The molecule has 0 saturated heterocycles. The Bertz CT molecular complexity index is 1020. The maximum absolute atomic E-state index is 12.2. The van der Waals surface area contributed by atoms with Gasteiger partial charge in [0, 0.05) is 21.7 Å². The number of rotatable bonds is 5. The Morgan fingerprint density at radius 1 is 0.966 bits per heavy atom. The molecule has 0 spiro atoms. The van der Waals surface area contributed by atoms with E-state index >= 15 is 0 Å². The van der Waals surface area contributed by atoms with Gasteiger partial charge in [0.1, 0.15) is 11.4 Å². The molecular formula is C18H11ClF3N3O3S. The molecule has 6 nitrogen and oxygen atoms in total. The Morgan fingerprint density at radius 2 is 1.62 bits per heavy atom. The van der Waals surface area contributed by atoms with Crippen LogP contribution < -0.4 is 15.4 Å². The van der Waals surface area contributed by atoms with Crippen molar-refractivity contribution in [1.82, 2.24) is 4.98 Å². The number of carbonyl (C=O) groups is 2. The van der Waals surface area contributed by atoms with E-state index in [-0.39, 0.29) is 16.5 Å². The Morgan fingerprint density at radius 3 is 2.24 bits per heavy atom. The Labute approximate surface area is 171 Å². The quantitative estimate of drug-likeness (QED) is 0.570. The van der Waals surface area contributed by atoms with Crippen molar-refractivity contribution in [3.05, 3.63) is 70.2 Å². The fourth-order valence-electron chi connectivity index (χ4n) is 2.14. The number of thiazole rings is 1. The molecule has 0 aliphatic heterocycles. The van der Waals surface area contributed by atoms with Crippen LogP contribution in [0.4, 0.5) is 24.0 Å². The first-order valence-electron chi connectivity index (χ1n) is 7.89. The zero-order valence-electron chi connectivity index (χ0n) is 14.3. The lowest BCUT2D eigenvalue weighted by Crippen LogP contribution is -2.17. The molecule has 150 valence electrons. The topological polar surface area (TPSA) is 80.3 Å². The molecule has 0 saturated carbocycles. The minimum absolute atomic E-state index is 0.0389. The Balaban J connectivity index is 1.60. The molecule has 0 radical (unpaired) electrons. The van der Waals surface area contributed by atoms with E-state index in [4.69, 9.17) is 11.6 Å². The van der Waals surface area contributed by atoms with E-state index in [0.717, 1.165) is 23.5 Å². The molecule has 3 aromatic rings. The predicted molar refractivity (Wildman–Crippen MR) is 103 cm³/mol. The maximum Gasteiger partial charge on any atom is 0.573 e. The van der Waals surface area contributed by atoms with Gasteiger partial charge in [-0.3, -0.25) is 14.9 Å². The summed E-state index contributed by atoms with van der Waals surface area (Å²) in [5.74, 6) is -1.41. The number of ether oxygens (including phenoxy) is 1. The molecule has 11 heteroatoms. The minimum Gasteiger partial charge on any atom is -0.406 e. The first-order chi connectivity index (χ1) is 13.7. The number of alkyl halides is 3. The minimum atomic E-state index is -4.79. The van der Waals surface area contributed by atoms with E-state index in [1.807, 2.05) is 0 Å². The number of carbonyl (C=O) groups excluding carboxylic acids is 2. The second-order valence-electron chi connectivity index (χ2n) is 5.53. The van der Waals surface area contributed by atoms with Crippen LogP contribution in [0.25, 0.3) is 0 Å². The Hall–Kier alpha value is -3.11. The van der Waals surface area contributed by atoms with Gasteiger partial charge in [-0.2, -0.15) is 0 Å². The van der Waals surface area contributed by atoms with Crippen molar-refractivity contribution < 1.29 is 27.5 Å². The van der Waals surface area contributed by atoms with E-state index in [9.17, 15) is 22.8 Å². The highest BCUT2D eigenvalue weighted by Gasteiger charge is 2.31. The maximum atomic E-state index is 12.2. The van der Waals surface area contributed by atoms with Crippen LogP contribution in [0.2, 0.25) is 5.02 Å². The van der Waals surface area contributed by atoms with Crippen LogP contribution >= 0.6 is 22.9 Å². The highest BCUT2D eigenvalue weighted by molar-refractivity contribution is 7.14. The second kappa shape index (κ2) is 8.50. The molecule has 0 atom stereocenters. The van der Waals surface area contributed by atoms with Crippen molar-refractivity contribution in [2.24, 2.45) is 0 Å². The summed E-state index contributed by atoms with van der Waals surface area (Å²) in [5.41, 5.74) is 0.665. The lowest BCUT2D eigenvalue weighted by molar-refractivity contribution is -0.274. The monoisotopic (exact) mass is 441 g/mol. The summed E-state index contributed by atoms with van der Waals surface area (Å²) in [4.78, 5) is 28.4. The van der Waals surface area contributed by atoms with Crippen LogP contribution in [0.3, 0.4) is 0 Å². The molecule has 1 aromatic heterocycles. The van der Waals surface area contributed by atoms with Crippen LogP contribution in [0.5, 0.6) is 5.75 Å². The molecule has 29 heavy (non-hydrogen) atoms. The number of benzene rings is 2. The summed E-state index contributed by atoms with van der Waals surface area (Å²) in [6, 6.07) is 10.9. The van der Waals surface area contributed by atoms with Gasteiger partial charge in [0.05, 0.1) is 0 Å². The van der Waals surface area contributed by atoms with Crippen molar-refractivity contribution in [2.75, 3.05) is 10.6 Å². The molecule has 0 aliphatic rings. The highest BCUT2D eigenvalue weighted by atomic mass is 35.5. The third-order valence-corrected chi connectivity index (χ3v) is 4.42. The molecule has 0 unspecified atom stereocenters. The fourth-order valence-corrected chi connectivity index (χ4v) is 2.95. The fraction of sp³-hybridized carbons (Fsp3) is 0.0556. The molecule has 1 heterocycles. The van der Waals surface area contributed by atoms with Gasteiger partial charge in [-0.25, -0.2) is 4.98 Å². The zero-order chi connectivity index (χ0) is 21.0. The van der Waals surface area contributed by atoms with Gasteiger partial charge < -0.3 is 10.1 Å². The van der Waals surface area contributed by atoms with E-state index < -0.39 is 23.9 Å². The number of anilines is 2. The largest absolute Gasteiger partial charge is 0.573 e. The van der Waals surface area contributed by atoms with Crippen molar-refractivity contribution in [1.29, 1.82) is 0 Å². The van der Waals surface area contributed by atoms with Crippen LogP contribution in [0.15, 0.2) is 53.9 Å². The van der Waals surface area contributed by atoms with Gasteiger partial charge in [0.2, 0.25) is 0 Å². The number of nitrogens with zero attached hydrogens (tertiary/aromatic N) is 1. The lowest BCUT2D eigenvalue weighted by atomic mass is 10.2. The van der Waals surface area contributed by atoms with Crippen molar-refractivity contribution in [2.45, 2.75) is 6.36 Å². The van der Waals surface area contributed by atoms with Crippen molar-refractivity contribution in [3.63, 3.8) is 0 Å². The molecular weight excluding hydrogens is 431 g/mol. The van der Waals surface area contributed by atoms with Crippen LogP contribution in [0, 0.1) is 0 Å². The Kier molecular flexibility index (Phi) is 6.04. The van der Waals surface area contributed by atoms with Crippen LogP contribution in [0.1, 0.15) is 20.8 Å². The van der Waals surface area contributed by atoms with Crippen molar-refractivity contribution >= 4 is 45.6 Å². The number of nitrogens with one attached hydrogen (secondary N) is 2. The third kappa shape index (κ3) is 5.93. The van der Waals surface area contributed by atoms with Crippen LogP contribution in [-0.2, 0) is 0 Å². The van der Waals surface area contributed by atoms with Gasteiger partial charge in [-0.15, -0.1) is 24.5 Å². The van der Waals surface area contributed by atoms with Gasteiger partial charge >= 0.3 is 6.36 Å². The zero-order valence-corrected chi connectivity index (χ0v) is 15.9. The first-order valence-corrected chi connectivity index (χ1v) is 9.15. The van der Waals surface area contributed by atoms with Gasteiger partial charge in [0.25, 0.3) is 11.8 Å².